The molecule has 6 heteroatoms. The highest BCUT2D eigenvalue weighted by atomic mass is 35.5. The first-order chi connectivity index (χ1) is 9.86. The van der Waals surface area contributed by atoms with Crippen molar-refractivity contribution in [3.05, 3.63) is 33.8 Å². The molecule has 0 aliphatic heterocycles. The van der Waals surface area contributed by atoms with Crippen LogP contribution in [-0.4, -0.2) is 23.5 Å². The van der Waals surface area contributed by atoms with Crippen LogP contribution in [0, 0.1) is 5.92 Å². The predicted molar refractivity (Wildman–Crippen MR) is 81.8 cm³/mol. The molecule has 114 valence electrons. The molecule has 1 saturated carbocycles. The largest absolute Gasteiger partial charge is 0.481 e. The third-order valence-electron chi connectivity index (χ3n) is 4.10. The van der Waals surface area contributed by atoms with Gasteiger partial charge in [-0.1, -0.05) is 42.6 Å². The third-order valence-corrected chi connectivity index (χ3v) is 4.84. The zero-order valence-electron chi connectivity index (χ0n) is 11.7. The van der Waals surface area contributed by atoms with E-state index >= 15 is 0 Å². The van der Waals surface area contributed by atoms with E-state index in [-0.39, 0.29) is 12.5 Å². The molecule has 0 bridgehead atoms. The number of carbonyl (C=O) groups excluding carboxylic acids is 1. The van der Waals surface area contributed by atoms with Crippen LogP contribution >= 0.6 is 23.2 Å². The summed E-state index contributed by atoms with van der Waals surface area (Å²) < 4.78 is 0. The zero-order chi connectivity index (χ0) is 15.6. The van der Waals surface area contributed by atoms with Crippen LogP contribution in [0.25, 0.3) is 0 Å². The van der Waals surface area contributed by atoms with Gasteiger partial charge in [-0.3, -0.25) is 9.59 Å². The van der Waals surface area contributed by atoms with E-state index in [1.807, 2.05) is 6.07 Å². The highest BCUT2D eigenvalue weighted by Gasteiger charge is 2.45. The molecule has 2 N–H and O–H groups in total. The monoisotopic (exact) mass is 329 g/mol. The van der Waals surface area contributed by atoms with Crippen LogP contribution in [0.3, 0.4) is 0 Å². The lowest BCUT2D eigenvalue weighted by Gasteiger charge is -2.41. The second-order valence-electron chi connectivity index (χ2n) is 5.51. The standard InChI is InChI=1S/C15H17Cl2NO3/c1-9(13(19)20)8-18-14(21)15(5-2-6-15)10-3-4-11(16)12(17)7-10/h3-4,7,9H,2,5-6,8H2,1H3,(H,18,21)(H,19,20). The van der Waals surface area contributed by atoms with Crippen molar-refractivity contribution in [1.82, 2.24) is 5.32 Å². The van der Waals surface area contributed by atoms with E-state index in [2.05, 4.69) is 5.32 Å². The summed E-state index contributed by atoms with van der Waals surface area (Å²) >= 11 is 11.9. The number of hydrogen-bond donors (Lipinski definition) is 2. The summed E-state index contributed by atoms with van der Waals surface area (Å²) in [4.78, 5) is 23.3. The molecule has 1 aliphatic carbocycles. The maximum Gasteiger partial charge on any atom is 0.308 e. The number of amides is 1. The Kier molecular flexibility index (Phi) is 4.79. The molecule has 0 spiro atoms. The number of aliphatic carboxylic acids is 1. The van der Waals surface area contributed by atoms with Crippen LogP contribution in [-0.2, 0) is 15.0 Å². The Hall–Kier alpha value is -1.26. The molecule has 1 amide bonds. The van der Waals surface area contributed by atoms with Gasteiger partial charge in [-0.2, -0.15) is 0 Å². The van der Waals surface area contributed by atoms with Crippen LogP contribution < -0.4 is 5.32 Å². The molecule has 1 fully saturated rings. The van der Waals surface area contributed by atoms with Crippen molar-refractivity contribution in [2.75, 3.05) is 6.54 Å². The van der Waals surface area contributed by atoms with Crippen molar-refractivity contribution in [3.63, 3.8) is 0 Å². The minimum absolute atomic E-state index is 0.122. The number of rotatable bonds is 5. The van der Waals surface area contributed by atoms with E-state index in [1.165, 1.54) is 0 Å². The fourth-order valence-electron chi connectivity index (χ4n) is 2.47. The number of benzene rings is 1. The molecule has 0 aromatic heterocycles. The quantitative estimate of drug-likeness (QED) is 0.871. The molecule has 21 heavy (non-hydrogen) atoms. The average molecular weight is 330 g/mol. The highest BCUT2D eigenvalue weighted by Crippen LogP contribution is 2.45. The van der Waals surface area contributed by atoms with Crippen molar-refractivity contribution in [2.45, 2.75) is 31.6 Å². The number of hydrogen-bond acceptors (Lipinski definition) is 2. The van der Waals surface area contributed by atoms with Gasteiger partial charge in [-0.05, 0) is 30.5 Å². The Morgan fingerprint density at radius 2 is 2.00 bits per heavy atom. The molecule has 1 aliphatic rings. The Labute approximate surface area is 133 Å². The van der Waals surface area contributed by atoms with Gasteiger partial charge in [0.2, 0.25) is 5.91 Å². The summed E-state index contributed by atoms with van der Waals surface area (Å²) in [5, 5.41) is 12.5. The number of carboxylic acids is 1. The molecule has 1 unspecified atom stereocenters. The smallest absolute Gasteiger partial charge is 0.308 e. The molecule has 1 atom stereocenters. The predicted octanol–water partition coefficient (Wildman–Crippen LogP) is 3.25. The van der Waals surface area contributed by atoms with Crippen molar-refractivity contribution in [3.8, 4) is 0 Å². The molecule has 1 aromatic rings. The van der Waals surface area contributed by atoms with Gasteiger partial charge in [-0.25, -0.2) is 0 Å². The number of nitrogens with one attached hydrogen (secondary N) is 1. The topological polar surface area (TPSA) is 66.4 Å². The second kappa shape index (κ2) is 6.24. The normalized spacial score (nSPS) is 17.7. The fraction of sp³-hybridized carbons (Fsp3) is 0.467. The lowest BCUT2D eigenvalue weighted by atomic mass is 9.64. The molecule has 1 aromatic carbocycles. The minimum Gasteiger partial charge on any atom is -0.481 e. The van der Waals surface area contributed by atoms with Crippen molar-refractivity contribution >= 4 is 35.1 Å². The maximum atomic E-state index is 12.5. The minimum atomic E-state index is -0.924. The number of halogens is 2. The molecule has 4 nitrogen and oxygen atoms in total. The van der Waals surface area contributed by atoms with E-state index in [0.29, 0.717) is 10.0 Å². The SMILES string of the molecule is CC(CNC(=O)C1(c2ccc(Cl)c(Cl)c2)CCC1)C(=O)O. The first-order valence-electron chi connectivity index (χ1n) is 6.83. The van der Waals surface area contributed by atoms with Crippen LogP contribution in [0.1, 0.15) is 31.7 Å². The van der Waals surface area contributed by atoms with Gasteiger partial charge in [0.15, 0.2) is 0 Å². The summed E-state index contributed by atoms with van der Waals surface area (Å²) in [5.41, 5.74) is 0.232. The van der Waals surface area contributed by atoms with Crippen LogP contribution in [0.2, 0.25) is 10.0 Å². The highest BCUT2D eigenvalue weighted by molar-refractivity contribution is 6.42. The third kappa shape index (κ3) is 3.16. The summed E-state index contributed by atoms with van der Waals surface area (Å²) in [5.74, 6) is -1.67. The van der Waals surface area contributed by atoms with Gasteiger partial charge < -0.3 is 10.4 Å². The van der Waals surface area contributed by atoms with Gasteiger partial charge in [-0.15, -0.1) is 0 Å². The molecule has 0 saturated heterocycles. The Bertz CT molecular complexity index is 570. The van der Waals surface area contributed by atoms with Gasteiger partial charge in [0.05, 0.1) is 21.4 Å². The average Bonchev–Trinajstić information content (AvgIpc) is 2.38. The van der Waals surface area contributed by atoms with Crippen LogP contribution in [0.4, 0.5) is 0 Å². The molecular weight excluding hydrogens is 313 g/mol. The molecule has 0 heterocycles. The van der Waals surface area contributed by atoms with Crippen molar-refractivity contribution in [2.24, 2.45) is 5.92 Å². The maximum absolute atomic E-state index is 12.5. The Balaban J connectivity index is 2.15. The first kappa shape index (κ1) is 16.1. The van der Waals surface area contributed by atoms with Gasteiger partial charge in [0.25, 0.3) is 0 Å². The lowest BCUT2D eigenvalue weighted by Crippen LogP contribution is -2.50. The van der Waals surface area contributed by atoms with Crippen LogP contribution in [0.5, 0.6) is 0 Å². The van der Waals surface area contributed by atoms with E-state index in [4.69, 9.17) is 28.3 Å². The molecule has 2 rings (SSSR count). The Morgan fingerprint density at radius 1 is 1.33 bits per heavy atom. The summed E-state index contributed by atoms with van der Waals surface area (Å²) in [6.45, 7) is 1.69. The molecular formula is C15H17Cl2NO3. The summed E-state index contributed by atoms with van der Waals surface area (Å²) in [7, 11) is 0. The van der Waals surface area contributed by atoms with Crippen molar-refractivity contribution < 1.29 is 14.7 Å². The first-order valence-corrected chi connectivity index (χ1v) is 7.59. The lowest BCUT2D eigenvalue weighted by molar-refractivity contribution is -0.141. The van der Waals surface area contributed by atoms with E-state index in [0.717, 1.165) is 24.8 Å². The van der Waals surface area contributed by atoms with Gasteiger partial charge >= 0.3 is 5.97 Å². The van der Waals surface area contributed by atoms with Crippen molar-refractivity contribution in [1.29, 1.82) is 0 Å². The summed E-state index contributed by atoms with van der Waals surface area (Å²) in [6, 6.07) is 5.23. The Morgan fingerprint density at radius 3 is 2.48 bits per heavy atom. The number of carbonyl (C=O) groups is 2. The zero-order valence-corrected chi connectivity index (χ0v) is 13.2. The second-order valence-corrected chi connectivity index (χ2v) is 6.33. The van der Waals surface area contributed by atoms with Gasteiger partial charge in [0, 0.05) is 6.54 Å². The van der Waals surface area contributed by atoms with Gasteiger partial charge in [0.1, 0.15) is 0 Å². The molecule has 0 radical (unpaired) electrons. The van der Waals surface area contributed by atoms with E-state index < -0.39 is 17.3 Å². The fourth-order valence-corrected chi connectivity index (χ4v) is 2.77. The van der Waals surface area contributed by atoms with Crippen LogP contribution in [0.15, 0.2) is 18.2 Å². The number of carboxylic acid groups (broad SMARTS) is 1. The van der Waals surface area contributed by atoms with E-state index in [1.54, 1.807) is 19.1 Å². The van der Waals surface area contributed by atoms with E-state index in [9.17, 15) is 9.59 Å². The summed E-state index contributed by atoms with van der Waals surface area (Å²) in [6.07, 6.45) is 2.43.